The third kappa shape index (κ3) is 6.08. The zero-order valence-electron chi connectivity index (χ0n) is 20.2. The van der Waals surface area contributed by atoms with Gasteiger partial charge in [0.25, 0.3) is 0 Å². The van der Waals surface area contributed by atoms with Gasteiger partial charge >= 0.3 is 0 Å². The standard InChI is InChI=1S/C24H37BrClN3O4/c1-5-8-11-30-15-19-22(31-12-9-6-2)24(4,32-13-10-7-3)21(33-19)18-14-17(25)20-23(26)27-16-28-29(18)20/h14,16,19,21-22H,5-13,15H2,1-4H3/t19-,21+,22-,24+/m1/s1. The second kappa shape index (κ2) is 12.8. The smallest absolute Gasteiger partial charge is 0.157 e. The monoisotopic (exact) mass is 545 g/mol. The Labute approximate surface area is 210 Å². The lowest BCUT2D eigenvalue weighted by Gasteiger charge is -2.35. The Bertz CT molecular complexity index is 883. The van der Waals surface area contributed by atoms with Crippen LogP contribution in [0.25, 0.3) is 5.52 Å². The molecule has 0 N–H and O–H groups in total. The SMILES string of the molecule is CCCCOC[C@H]1O[C@@H](c2cc(Br)c3c(Cl)ncnn23)[C@](C)(OCCCC)[C@@H]1OCCCC. The molecule has 0 unspecified atom stereocenters. The van der Waals surface area contributed by atoms with Crippen molar-refractivity contribution in [3.05, 3.63) is 27.7 Å². The number of ether oxygens (including phenoxy) is 4. The summed E-state index contributed by atoms with van der Waals surface area (Å²) in [5.41, 5.74) is 0.840. The Morgan fingerprint density at radius 2 is 1.82 bits per heavy atom. The quantitative estimate of drug-likeness (QED) is 0.264. The molecule has 1 saturated heterocycles. The van der Waals surface area contributed by atoms with Crippen molar-refractivity contribution < 1.29 is 18.9 Å². The van der Waals surface area contributed by atoms with Crippen LogP contribution in [0.1, 0.15) is 78.0 Å². The van der Waals surface area contributed by atoms with Crippen molar-refractivity contribution in [2.24, 2.45) is 0 Å². The highest BCUT2D eigenvalue weighted by molar-refractivity contribution is 9.10. The zero-order chi connectivity index (χ0) is 23.8. The number of hydrogen-bond donors (Lipinski definition) is 0. The highest BCUT2D eigenvalue weighted by Gasteiger charge is 2.57. The Morgan fingerprint density at radius 1 is 1.12 bits per heavy atom. The molecule has 0 saturated carbocycles. The van der Waals surface area contributed by atoms with Gasteiger partial charge in [0.1, 0.15) is 35.8 Å². The molecule has 0 aromatic carbocycles. The number of unbranched alkanes of at least 4 members (excludes halogenated alkanes) is 3. The van der Waals surface area contributed by atoms with Gasteiger partial charge < -0.3 is 18.9 Å². The van der Waals surface area contributed by atoms with Crippen LogP contribution >= 0.6 is 27.5 Å². The highest BCUT2D eigenvalue weighted by Crippen LogP contribution is 2.47. The molecule has 0 bridgehead atoms. The predicted octanol–water partition coefficient (Wildman–Crippen LogP) is 6.16. The number of hydrogen-bond acceptors (Lipinski definition) is 6. The van der Waals surface area contributed by atoms with E-state index in [-0.39, 0.29) is 12.2 Å². The van der Waals surface area contributed by atoms with Crippen molar-refractivity contribution in [1.82, 2.24) is 14.6 Å². The number of fused-ring (bicyclic) bond motifs is 1. The van der Waals surface area contributed by atoms with Crippen LogP contribution < -0.4 is 0 Å². The van der Waals surface area contributed by atoms with Crippen LogP contribution in [0.2, 0.25) is 5.15 Å². The van der Waals surface area contributed by atoms with Crippen molar-refractivity contribution in [2.45, 2.75) is 90.1 Å². The first kappa shape index (κ1) is 26.8. The Morgan fingerprint density at radius 3 is 2.55 bits per heavy atom. The van der Waals surface area contributed by atoms with E-state index in [0.717, 1.165) is 48.7 Å². The van der Waals surface area contributed by atoms with E-state index in [0.29, 0.717) is 37.1 Å². The molecular weight excluding hydrogens is 510 g/mol. The second-order valence-corrected chi connectivity index (χ2v) is 9.95. The molecule has 9 heteroatoms. The molecule has 33 heavy (non-hydrogen) atoms. The van der Waals surface area contributed by atoms with Gasteiger partial charge in [-0.1, -0.05) is 51.6 Å². The van der Waals surface area contributed by atoms with E-state index in [4.69, 9.17) is 30.5 Å². The van der Waals surface area contributed by atoms with E-state index < -0.39 is 11.7 Å². The number of halogens is 2. The van der Waals surface area contributed by atoms with Gasteiger partial charge in [0, 0.05) is 24.3 Å². The molecule has 2 aromatic rings. The third-order valence-electron chi connectivity index (χ3n) is 6.12. The zero-order valence-corrected chi connectivity index (χ0v) is 22.5. The molecule has 0 spiro atoms. The minimum absolute atomic E-state index is 0.253. The van der Waals surface area contributed by atoms with Crippen LogP contribution in [0.4, 0.5) is 0 Å². The first-order valence-electron chi connectivity index (χ1n) is 12.1. The van der Waals surface area contributed by atoms with E-state index in [1.54, 1.807) is 4.52 Å². The largest absolute Gasteiger partial charge is 0.379 e. The van der Waals surface area contributed by atoms with Gasteiger partial charge in [-0.15, -0.1) is 0 Å². The van der Waals surface area contributed by atoms with Crippen LogP contribution in [0.15, 0.2) is 16.9 Å². The molecule has 1 aliphatic heterocycles. The molecule has 2 aromatic heterocycles. The Hall–Kier alpha value is -0.770. The Kier molecular flexibility index (Phi) is 10.4. The van der Waals surface area contributed by atoms with Gasteiger partial charge in [0.05, 0.1) is 12.3 Å². The van der Waals surface area contributed by atoms with E-state index in [2.05, 4.69) is 53.7 Å². The molecule has 186 valence electrons. The van der Waals surface area contributed by atoms with Gasteiger partial charge in [-0.05, 0) is 48.2 Å². The summed E-state index contributed by atoms with van der Waals surface area (Å²) in [5, 5.41) is 4.84. The molecule has 3 rings (SSSR count). The van der Waals surface area contributed by atoms with Crippen LogP contribution in [-0.4, -0.2) is 58.8 Å². The number of aromatic nitrogens is 3. The molecule has 4 atom stereocenters. The van der Waals surface area contributed by atoms with Crippen molar-refractivity contribution in [3.8, 4) is 0 Å². The molecule has 0 aliphatic carbocycles. The van der Waals surface area contributed by atoms with Gasteiger partial charge in [0.2, 0.25) is 0 Å². The fraction of sp³-hybridized carbons (Fsp3) is 0.750. The lowest BCUT2D eigenvalue weighted by molar-refractivity contribution is -0.138. The van der Waals surface area contributed by atoms with E-state index in [1.165, 1.54) is 6.33 Å². The van der Waals surface area contributed by atoms with E-state index in [9.17, 15) is 0 Å². The highest BCUT2D eigenvalue weighted by atomic mass is 79.9. The molecule has 0 radical (unpaired) electrons. The predicted molar refractivity (Wildman–Crippen MR) is 133 cm³/mol. The van der Waals surface area contributed by atoms with Crippen molar-refractivity contribution in [3.63, 3.8) is 0 Å². The maximum Gasteiger partial charge on any atom is 0.157 e. The van der Waals surface area contributed by atoms with Gasteiger partial charge in [-0.25, -0.2) is 9.50 Å². The van der Waals surface area contributed by atoms with Crippen LogP contribution in [-0.2, 0) is 18.9 Å². The first-order chi connectivity index (χ1) is 16.0. The van der Waals surface area contributed by atoms with Crippen LogP contribution in [0.3, 0.4) is 0 Å². The maximum absolute atomic E-state index is 6.66. The maximum atomic E-state index is 6.66. The fourth-order valence-corrected chi connectivity index (χ4v) is 5.16. The number of rotatable bonds is 14. The summed E-state index contributed by atoms with van der Waals surface area (Å²) in [5.74, 6) is 0. The lowest BCUT2D eigenvalue weighted by atomic mass is 9.90. The fourth-order valence-electron chi connectivity index (χ4n) is 4.23. The number of nitrogens with zero attached hydrogens (tertiary/aromatic N) is 3. The summed E-state index contributed by atoms with van der Waals surface area (Å²) < 4.78 is 28.3. The molecule has 0 amide bonds. The minimum atomic E-state index is -0.715. The van der Waals surface area contributed by atoms with E-state index >= 15 is 0 Å². The average molecular weight is 547 g/mol. The molecule has 7 nitrogen and oxygen atoms in total. The van der Waals surface area contributed by atoms with Crippen molar-refractivity contribution >= 4 is 33.0 Å². The van der Waals surface area contributed by atoms with Crippen molar-refractivity contribution in [2.75, 3.05) is 26.4 Å². The lowest BCUT2D eigenvalue weighted by Crippen LogP contribution is -2.48. The summed E-state index contributed by atoms with van der Waals surface area (Å²) in [4.78, 5) is 4.13. The molecule has 1 aliphatic rings. The molecule has 1 fully saturated rings. The van der Waals surface area contributed by atoms with Gasteiger partial charge in [0.15, 0.2) is 5.15 Å². The normalized spacial score (nSPS) is 25.3. The molecule has 3 heterocycles. The average Bonchev–Trinajstić information content (AvgIpc) is 3.27. The second-order valence-electron chi connectivity index (χ2n) is 8.74. The van der Waals surface area contributed by atoms with Crippen LogP contribution in [0.5, 0.6) is 0 Å². The summed E-state index contributed by atoms with van der Waals surface area (Å²) >= 11 is 10.00. The van der Waals surface area contributed by atoms with Gasteiger partial charge in [-0.3, -0.25) is 0 Å². The minimum Gasteiger partial charge on any atom is -0.379 e. The molecular formula is C24H37BrClN3O4. The van der Waals surface area contributed by atoms with Crippen molar-refractivity contribution in [1.29, 1.82) is 0 Å². The summed E-state index contributed by atoms with van der Waals surface area (Å²) in [6, 6.07) is 1.99. The summed E-state index contributed by atoms with van der Waals surface area (Å²) in [6.45, 7) is 11.0. The van der Waals surface area contributed by atoms with Gasteiger partial charge in [-0.2, -0.15) is 5.10 Å². The first-order valence-corrected chi connectivity index (χ1v) is 13.3. The van der Waals surface area contributed by atoms with Crippen LogP contribution in [0, 0.1) is 0 Å². The third-order valence-corrected chi connectivity index (χ3v) is 7.01. The van der Waals surface area contributed by atoms with E-state index in [1.807, 2.05) is 6.07 Å². The Balaban J connectivity index is 1.98. The topological polar surface area (TPSA) is 67.1 Å². The summed E-state index contributed by atoms with van der Waals surface area (Å²) in [6.07, 6.45) is 6.70. The summed E-state index contributed by atoms with van der Waals surface area (Å²) in [7, 11) is 0.